The molecule has 1 nitrogen and oxygen atoms in total. The van der Waals surface area contributed by atoms with Crippen molar-refractivity contribution in [1.29, 1.82) is 0 Å². The van der Waals surface area contributed by atoms with Crippen molar-refractivity contribution in [2.45, 2.75) is 20.8 Å². The van der Waals surface area contributed by atoms with Gasteiger partial charge in [-0.1, -0.05) is 25.1 Å². The molecule has 0 N–H and O–H groups in total. The molecule has 0 amide bonds. The molecule has 0 aliphatic rings. The van der Waals surface area contributed by atoms with Crippen LogP contribution in [0, 0.1) is 5.92 Å². The predicted octanol–water partition coefficient (Wildman–Crippen LogP) is 1.19. The molecule has 0 heterocycles. The second kappa shape index (κ2) is 4.69. The van der Waals surface area contributed by atoms with E-state index in [1.165, 1.54) is 0 Å². The maximum absolute atomic E-state index is 2.34. The molecule has 0 radical (unpaired) electrons. The van der Waals surface area contributed by atoms with Gasteiger partial charge in [-0.25, -0.2) is 0 Å². The molecule has 2 heteroatoms. The Morgan fingerprint density at radius 2 is 1.90 bits per heavy atom. The van der Waals surface area contributed by atoms with E-state index in [1.807, 2.05) is 0 Å². The Bertz CT molecular complexity index is 116. The van der Waals surface area contributed by atoms with E-state index in [1.54, 1.807) is 5.20 Å². The Labute approximate surface area is 67.0 Å². The molecular formula is C8H19NSi. The van der Waals surface area contributed by atoms with Crippen molar-refractivity contribution >= 4 is 9.68 Å². The van der Waals surface area contributed by atoms with E-state index < -0.39 is 0 Å². The standard InChI is InChI=1S/C8H19NSi/c1-6-8(7(2)3)10-9(4)5/h6-7H,10H2,1-5H3. The van der Waals surface area contributed by atoms with E-state index >= 15 is 0 Å². The Hall–Kier alpha value is -0.0831. The summed E-state index contributed by atoms with van der Waals surface area (Å²) in [6.45, 7) is 6.68. The summed E-state index contributed by atoms with van der Waals surface area (Å²) in [4.78, 5) is 0. The molecular weight excluding hydrogens is 138 g/mol. The largest absolute Gasteiger partial charge is 0.331 e. The molecule has 0 aliphatic carbocycles. The van der Waals surface area contributed by atoms with Gasteiger partial charge in [0.1, 0.15) is 9.68 Å². The van der Waals surface area contributed by atoms with Gasteiger partial charge < -0.3 is 4.57 Å². The zero-order valence-electron chi connectivity index (χ0n) is 7.81. The fourth-order valence-electron chi connectivity index (χ4n) is 0.972. The third kappa shape index (κ3) is 3.85. The van der Waals surface area contributed by atoms with Gasteiger partial charge in [0.25, 0.3) is 0 Å². The zero-order chi connectivity index (χ0) is 8.15. The maximum Gasteiger partial charge on any atom is 0.122 e. The van der Waals surface area contributed by atoms with Crippen LogP contribution >= 0.6 is 0 Å². The molecule has 0 aliphatic heterocycles. The second-order valence-electron chi connectivity index (χ2n) is 3.26. The molecule has 60 valence electrons. The summed E-state index contributed by atoms with van der Waals surface area (Å²) in [6, 6.07) is 0. The first-order valence-electron chi connectivity index (χ1n) is 3.87. The van der Waals surface area contributed by atoms with E-state index in [2.05, 4.69) is 45.5 Å². The molecule has 0 saturated heterocycles. The van der Waals surface area contributed by atoms with Crippen LogP contribution in [0.3, 0.4) is 0 Å². The monoisotopic (exact) mass is 157 g/mol. The molecule has 0 aromatic rings. The Balaban J connectivity index is 3.86. The van der Waals surface area contributed by atoms with Crippen LogP contribution in [0.5, 0.6) is 0 Å². The van der Waals surface area contributed by atoms with Crippen LogP contribution in [-0.2, 0) is 0 Å². The minimum absolute atomic E-state index is 0.0930. The Morgan fingerprint density at radius 1 is 1.40 bits per heavy atom. The van der Waals surface area contributed by atoms with E-state index in [0.29, 0.717) is 0 Å². The van der Waals surface area contributed by atoms with Crippen LogP contribution in [0.1, 0.15) is 20.8 Å². The number of allylic oxidation sites excluding steroid dienone is 2. The lowest BCUT2D eigenvalue weighted by Crippen LogP contribution is -2.21. The van der Waals surface area contributed by atoms with Crippen molar-refractivity contribution in [3.8, 4) is 0 Å². The van der Waals surface area contributed by atoms with Gasteiger partial charge in [-0.3, -0.25) is 0 Å². The fourth-order valence-corrected chi connectivity index (χ4v) is 2.25. The topological polar surface area (TPSA) is 3.24 Å². The first-order chi connectivity index (χ1) is 4.57. The summed E-state index contributed by atoms with van der Waals surface area (Å²) >= 11 is 0. The van der Waals surface area contributed by atoms with E-state index in [-0.39, 0.29) is 9.68 Å². The highest BCUT2D eigenvalue weighted by Gasteiger charge is 2.02. The van der Waals surface area contributed by atoms with Crippen LogP contribution < -0.4 is 0 Å². The van der Waals surface area contributed by atoms with Gasteiger partial charge in [-0.2, -0.15) is 0 Å². The van der Waals surface area contributed by atoms with Gasteiger partial charge in [-0.05, 0) is 26.9 Å². The second-order valence-corrected chi connectivity index (χ2v) is 5.65. The van der Waals surface area contributed by atoms with E-state index in [4.69, 9.17) is 0 Å². The third-order valence-corrected chi connectivity index (χ3v) is 3.83. The first kappa shape index (κ1) is 9.92. The number of nitrogens with zero attached hydrogens (tertiary/aromatic N) is 1. The first-order valence-corrected chi connectivity index (χ1v) is 5.21. The normalized spacial score (nSPS) is 14.5. The molecule has 0 aromatic heterocycles. The third-order valence-electron chi connectivity index (χ3n) is 1.61. The van der Waals surface area contributed by atoms with E-state index in [9.17, 15) is 0 Å². The lowest BCUT2D eigenvalue weighted by atomic mass is 10.2. The summed E-state index contributed by atoms with van der Waals surface area (Å²) in [5, 5.41) is 1.66. The van der Waals surface area contributed by atoms with Gasteiger partial charge in [0.15, 0.2) is 0 Å². The average Bonchev–Trinajstić information content (AvgIpc) is 1.81. The average molecular weight is 157 g/mol. The summed E-state index contributed by atoms with van der Waals surface area (Å²) in [6.07, 6.45) is 2.27. The molecule has 0 rings (SSSR count). The number of hydrogen-bond acceptors (Lipinski definition) is 1. The van der Waals surface area contributed by atoms with Gasteiger partial charge in [0.05, 0.1) is 0 Å². The van der Waals surface area contributed by atoms with Crippen molar-refractivity contribution in [2.24, 2.45) is 5.92 Å². The highest BCUT2D eigenvalue weighted by molar-refractivity contribution is 6.42. The van der Waals surface area contributed by atoms with Crippen LogP contribution in [-0.4, -0.2) is 28.3 Å². The van der Waals surface area contributed by atoms with Crippen LogP contribution in [0.25, 0.3) is 0 Å². The minimum Gasteiger partial charge on any atom is -0.331 e. The van der Waals surface area contributed by atoms with Crippen LogP contribution in [0.4, 0.5) is 0 Å². The molecule has 0 unspecified atom stereocenters. The Morgan fingerprint density at radius 3 is 2.00 bits per heavy atom. The summed E-state index contributed by atoms with van der Waals surface area (Å²) in [5.41, 5.74) is 0. The van der Waals surface area contributed by atoms with Gasteiger partial charge in [0, 0.05) is 0 Å². The van der Waals surface area contributed by atoms with Gasteiger partial charge in [0.2, 0.25) is 0 Å². The molecule has 0 saturated carbocycles. The SMILES string of the molecule is CC=C([SiH2]N(C)C)C(C)C. The van der Waals surface area contributed by atoms with Gasteiger partial charge >= 0.3 is 0 Å². The smallest absolute Gasteiger partial charge is 0.122 e. The van der Waals surface area contributed by atoms with Crippen LogP contribution in [0.15, 0.2) is 11.3 Å². The quantitative estimate of drug-likeness (QED) is 0.556. The van der Waals surface area contributed by atoms with Crippen molar-refractivity contribution in [3.05, 3.63) is 11.3 Å². The summed E-state index contributed by atoms with van der Waals surface area (Å²) in [5.74, 6) is 0.749. The minimum atomic E-state index is -0.0930. The molecule has 0 aromatic carbocycles. The molecule has 0 atom stereocenters. The highest BCUT2D eigenvalue weighted by atomic mass is 28.2. The lowest BCUT2D eigenvalue weighted by molar-refractivity contribution is 0.654. The predicted molar refractivity (Wildman–Crippen MR) is 50.8 cm³/mol. The van der Waals surface area contributed by atoms with E-state index in [0.717, 1.165) is 5.92 Å². The molecule has 0 spiro atoms. The zero-order valence-corrected chi connectivity index (χ0v) is 9.22. The lowest BCUT2D eigenvalue weighted by Gasteiger charge is -2.14. The summed E-state index contributed by atoms with van der Waals surface area (Å²) in [7, 11) is 4.24. The number of rotatable bonds is 3. The molecule has 10 heavy (non-hydrogen) atoms. The van der Waals surface area contributed by atoms with Crippen molar-refractivity contribution in [2.75, 3.05) is 14.1 Å². The summed E-state index contributed by atoms with van der Waals surface area (Å²) < 4.78 is 2.34. The number of hydrogen-bond donors (Lipinski definition) is 0. The molecule has 0 bridgehead atoms. The van der Waals surface area contributed by atoms with Crippen LogP contribution in [0.2, 0.25) is 0 Å². The Kier molecular flexibility index (Phi) is 4.65. The van der Waals surface area contributed by atoms with Crippen molar-refractivity contribution in [3.63, 3.8) is 0 Å². The van der Waals surface area contributed by atoms with Crippen molar-refractivity contribution < 1.29 is 0 Å². The van der Waals surface area contributed by atoms with Crippen molar-refractivity contribution in [1.82, 2.24) is 4.57 Å². The molecule has 0 fully saturated rings. The highest BCUT2D eigenvalue weighted by Crippen LogP contribution is 2.07. The fraction of sp³-hybridized carbons (Fsp3) is 0.750. The van der Waals surface area contributed by atoms with Gasteiger partial charge in [-0.15, -0.1) is 0 Å². The maximum atomic E-state index is 2.34.